The Hall–Kier alpha value is -3.27. The number of phenolic OH excluding ortho intramolecular Hbond substituents is 1. The number of amides is 1. The number of benzene rings is 3. The maximum absolute atomic E-state index is 12.9. The molecule has 1 aromatic heterocycles. The fourth-order valence-corrected chi connectivity index (χ4v) is 6.16. The van der Waals surface area contributed by atoms with Crippen LogP contribution >= 0.6 is 11.3 Å². The molecule has 0 saturated carbocycles. The first kappa shape index (κ1) is 24.8. The van der Waals surface area contributed by atoms with E-state index in [-0.39, 0.29) is 16.6 Å². The van der Waals surface area contributed by atoms with E-state index >= 15 is 0 Å². The molecule has 0 atom stereocenters. The molecule has 1 amide bonds. The van der Waals surface area contributed by atoms with Gasteiger partial charge in [0.1, 0.15) is 10.8 Å². The molecule has 0 aliphatic carbocycles. The second-order valence-electron chi connectivity index (χ2n) is 8.05. The normalized spacial score (nSPS) is 11.7. The summed E-state index contributed by atoms with van der Waals surface area (Å²) in [5.41, 5.74) is 2.19. The van der Waals surface area contributed by atoms with Crippen molar-refractivity contribution in [2.75, 3.05) is 18.4 Å². The van der Waals surface area contributed by atoms with E-state index < -0.39 is 10.0 Å². The average molecular weight is 510 g/mol. The lowest BCUT2D eigenvalue weighted by Gasteiger charge is -2.20. The number of rotatable bonds is 9. The zero-order valence-corrected chi connectivity index (χ0v) is 21.2. The second-order valence-corrected chi connectivity index (χ2v) is 11.0. The van der Waals surface area contributed by atoms with Gasteiger partial charge < -0.3 is 10.4 Å². The van der Waals surface area contributed by atoms with Crippen LogP contribution in [0.1, 0.15) is 37.0 Å². The summed E-state index contributed by atoms with van der Waals surface area (Å²) in [6.07, 6.45) is 1.70. The van der Waals surface area contributed by atoms with Crippen LogP contribution in [0.2, 0.25) is 0 Å². The molecule has 9 heteroatoms. The first-order valence-corrected chi connectivity index (χ1v) is 13.7. The topological polar surface area (TPSA) is 99.6 Å². The molecule has 182 valence electrons. The minimum Gasteiger partial charge on any atom is -0.507 e. The van der Waals surface area contributed by atoms with Gasteiger partial charge in [0.25, 0.3) is 5.91 Å². The summed E-state index contributed by atoms with van der Waals surface area (Å²) in [6.45, 7) is 4.69. The summed E-state index contributed by atoms with van der Waals surface area (Å²) in [4.78, 5) is 17.6. The molecule has 4 rings (SSSR count). The highest BCUT2D eigenvalue weighted by atomic mass is 32.2. The van der Waals surface area contributed by atoms with Crippen molar-refractivity contribution in [1.29, 1.82) is 0 Å². The molecular weight excluding hydrogens is 482 g/mol. The predicted octanol–water partition coefficient (Wildman–Crippen LogP) is 5.73. The Bertz CT molecular complexity index is 1410. The number of aromatic nitrogens is 1. The van der Waals surface area contributed by atoms with E-state index in [2.05, 4.69) is 10.3 Å². The Balaban J connectivity index is 1.52. The van der Waals surface area contributed by atoms with Gasteiger partial charge in [-0.15, -0.1) is 11.3 Å². The van der Waals surface area contributed by atoms with Crippen molar-refractivity contribution in [1.82, 2.24) is 9.29 Å². The average Bonchev–Trinajstić information content (AvgIpc) is 3.29. The van der Waals surface area contributed by atoms with Gasteiger partial charge in [-0.1, -0.05) is 32.4 Å². The number of phenols is 1. The lowest BCUT2D eigenvalue weighted by Crippen LogP contribution is -2.31. The van der Waals surface area contributed by atoms with Crippen LogP contribution in [0.5, 0.6) is 5.75 Å². The van der Waals surface area contributed by atoms with E-state index in [0.29, 0.717) is 34.9 Å². The molecule has 0 radical (unpaired) electrons. The third-order valence-electron chi connectivity index (χ3n) is 5.65. The highest BCUT2D eigenvalue weighted by Gasteiger charge is 2.23. The molecule has 0 unspecified atom stereocenters. The van der Waals surface area contributed by atoms with Gasteiger partial charge in [0.05, 0.1) is 20.7 Å². The number of hydrogen-bond donors (Lipinski definition) is 2. The van der Waals surface area contributed by atoms with E-state index in [9.17, 15) is 18.3 Å². The van der Waals surface area contributed by atoms with Crippen LogP contribution in [0, 0.1) is 0 Å². The van der Waals surface area contributed by atoms with Gasteiger partial charge in [0.15, 0.2) is 0 Å². The third-order valence-corrected chi connectivity index (χ3v) is 8.70. The maximum Gasteiger partial charge on any atom is 0.255 e. The van der Waals surface area contributed by atoms with E-state index in [1.807, 2.05) is 38.1 Å². The molecule has 0 saturated heterocycles. The number of unbranched alkanes of at least 4 members (excludes halogenated alkanes) is 1. The molecule has 7 nitrogen and oxygen atoms in total. The zero-order chi connectivity index (χ0) is 25.0. The molecule has 3 aromatic carbocycles. The van der Waals surface area contributed by atoms with Gasteiger partial charge in [-0.25, -0.2) is 13.4 Å². The largest absolute Gasteiger partial charge is 0.507 e. The quantitative estimate of drug-likeness (QED) is 0.281. The van der Waals surface area contributed by atoms with Crippen molar-refractivity contribution in [3.05, 3.63) is 72.3 Å². The van der Waals surface area contributed by atoms with Gasteiger partial charge >= 0.3 is 0 Å². The van der Waals surface area contributed by atoms with Gasteiger partial charge in [-0.2, -0.15) is 4.31 Å². The van der Waals surface area contributed by atoms with Crippen LogP contribution in [0.25, 0.3) is 20.8 Å². The Morgan fingerprint density at radius 3 is 2.49 bits per heavy atom. The minimum absolute atomic E-state index is 0.0696. The van der Waals surface area contributed by atoms with Crippen molar-refractivity contribution in [3.63, 3.8) is 0 Å². The number of nitrogens with one attached hydrogen (secondary N) is 1. The van der Waals surface area contributed by atoms with Crippen molar-refractivity contribution >= 4 is 43.2 Å². The molecular formula is C26H27N3O4S2. The van der Waals surface area contributed by atoms with Crippen LogP contribution < -0.4 is 5.32 Å². The van der Waals surface area contributed by atoms with E-state index in [4.69, 9.17) is 0 Å². The zero-order valence-electron chi connectivity index (χ0n) is 19.6. The standard InChI is InChI=1S/C26H27N3O4S2/c1-3-5-16-29(4-2)35(32,33)20-13-10-18(11-14-20)25(31)27-19-12-15-23(30)21(17-19)26-28-22-8-6-7-9-24(22)34-26/h6-15,17,30H,3-5,16H2,1-2H3,(H,27,31). The van der Waals surface area contributed by atoms with Crippen LogP contribution in [0.15, 0.2) is 71.6 Å². The Labute approximate surface area is 209 Å². The van der Waals surface area contributed by atoms with Crippen LogP contribution in [0.3, 0.4) is 0 Å². The molecule has 0 bridgehead atoms. The number of hydrogen-bond acceptors (Lipinski definition) is 6. The van der Waals surface area contributed by atoms with Crippen molar-refractivity contribution in [3.8, 4) is 16.3 Å². The third kappa shape index (κ3) is 5.37. The molecule has 2 N–H and O–H groups in total. The number of anilines is 1. The van der Waals surface area contributed by atoms with Crippen molar-refractivity contribution in [2.24, 2.45) is 0 Å². The molecule has 0 spiro atoms. The number of thiazole rings is 1. The Morgan fingerprint density at radius 1 is 1.06 bits per heavy atom. The highest BCUT2D eigenvalue weighted by Crippen LogP contribution is 2.36. The molecule has 35 heavy (non-hydrogen) atoms. The van der Waals surface area contributed by atoms with Gasteiger partial charge in [-0.3, -0.25) is 4.79 Å². The summed E-state index contributed by atoms with van der Waals surface area (Å²) in [7, 11) is -3.61. The van der Waals surface area contributed by atoms with Crippen LogP contribution in [-0.4, -0.2) is 41.8 Å². The van der Waals surface area contributed by atoms with Crippen LogP contribution in [-0.2, 0) is 10.0 Å². The van der Waals surface area contributed by atoms with Crippen molar-refractivity contribution < 1.29 is 18.3 Å². The summed E-state index contributed by atoms with van der Waals surface area (Å²) >= 11 is 1.46. The van der Waals surface area contributed by atoms with Crippen molar-refractivity contribution in [2.45, 2.75) is 31.6 Å². The first-order valence-electron chi connectivity index (χ1n) is 11.4. The molecule has 0 aliphatic rings. The fraction of sp³-hybridized carbons (Fsp3) is 0.231. The monoisotopic (exact) mass is 509 g/mol. The maximum atomic E-state index is 12.9. The van der Waals surface area contributed by atoms with Gasteiger partial charge in [0, 0.05) is 24.3 Å². The summed E-state index contributed by atoms with van der Waals surface area (Å²) in [6, 6.07) is 18.4. The minimum atomic E-state index is -3.61. The molecule has 0 aliphatic heterocycles. The smallest absolute Gasteiger partial charge is 0.255 e. The van der Waals surface area contributed by atoms with E-state index in [1.54, 1.807) is 12.1 Å². The highest BCUT2D eigenvalue weighted by molar-refractivity contribution is 7.89. The van der Waals surface area contributed by atoms with E-state index in [1.165, 1.54) is 46.0 Å². The molecule has 4 aromatic rings. The number of para-hydroxylation sites is 1. The number of sulfonamides is 1. The Kier molecular flexibility index (Phi) is 7.49. The summed E-state index contributed by atoms with van der Waals surface area (Å²) in [5, 5.41) is 13.9. The number of carbonyl (C=O) groups is 1. The SMILES string of the molecule is CCCCN(CC)S(=O)(=O)c1ccc(C(=O)Nc2ccc(O)c(-c3nc4ccccc4s3)c2)cc1. The second kappa shape index (κ2) is 10.6. The van der Waals surface area contributed by atoms with Crippen LogP contribution in [0.4, 0.5) is 5.69 Å². The lowest BCUT2D eigenvalue weighted by molar-refractivity contribution is 0.102. The first-order chi connectivity index (χ1) is 16.8. The summed E-state index contributed by atoms with van der Waals surface area (Å²) < 4.78 is 28.3. The summed E-state index contributed by atoms with van der Waals surface area (Å²) in [5.74, 6) is -0.312. The van der Waals surface area contributed by atoms with E-state index in [0.717, 1.165) is 23.1 Å². The van der Waals surface area contributed by atoms with Gasteiger partial charge in [-0.05, 0) is 61.0 Å². The molecule has 0 fully saturated rings. The number of aromatic hydroxyl groups is 1. The predicted molar refractivity (Wildman–Crippen MR) is 140 cm³/mol. The number of fused-ring (bicyclic) bond motifs is 1. The molecule has 1 heterocycles. The Morgan fingerprint density at radius 2 is 1.80 bits per heavy atom. The lowest BCUT2D eigenvalue weighted by atomic mass is 10.1. The number of nitrogens with zero attached hydrogens (tertiary/aromatic N) is 2. The fourth-order valence-electron chi connectivity index (χ4n) is 3.69. The number of carbonyl (C=O) groups excluding carboxylic acids is 1. The van der Waals surface area contributed by atoms with Gasteiger partial charge in [0.2, 0.25) is 10.0 Å².